The smallest absolute Gasteiger partial charge is 0.165 e. The van der Waals surface area contributed by atoms with E-state index in [1.165, 1.54) is 19.3 Å². The average Bonchev–Trinajstić information content (AvgIpc) is 2.39. The fraction of sp³-hybridized carbons (Fsp3) is 0.750. The van der Waals surface area contributed by atoms with Gasteiger partial charge in [-0.1, -0.05) is 25.0 Å². The molecule has 0 radical (unpaired) electrons. The predicted molar refractivity (Wildman–Crippen MR) is 55.0 cm³/mol. The Balaban J connectivity index is 2.15. The van der Waals surface area contributed by atoms with Crippen molar-refractivity contribution in [2.24, 2.45) is 11.8 Å². The second kappa shape index (κ2) is 4.26. The van der Waals surface area contributed by atoms with Crippen molar-refractivity contribution in [2.45, 2.75) is 38.2 Å². The highest BCUT2D eigenvalue weighted by Crippen LogP contribution is 2.34. The van der Waals surface area contributed by atoms with Crippen LogP contribution in [0.5, 0.6) is 0 Å². The summed E-state index contributed by atoms with van der Waals surface area (Å²) in [5.74, 6) is 1.08. The Labute approximate surface area is 85.3 Å². The van der Waals surface area contributed by atoms with Crippen molar-refractivity contribution in [2.75, 3.05) is 7.11 Å². The van der Waals surface area contributed by atoms with Crippen LogP contribution in [-0.2, 0) is 9.53 Å². The second-order valence-corrected chi connectivity index (χ2v) is 4.35. The molecule has 2 aliphatic rings. The maximum Gasteiger partial charge on any atom is 0.165 e. The molecular weight excluding hydrogens is 176 g/mol. The summed E-state index contributed by atoms with van der Waals surface area (Å²) in [6.07, 6.45) is 9.68. The van der Waals surface area contributed by atoms with Crippen molar-refractivity contribution in [3.8, 4) is 0 Å². The first-order chi connectivity index (χ1) is 6.83. The summed E-state index contributed by atoms with van der Waals surface area (Å²) in [4.78, 5) is 12.0. The Morgan fingerprint density at radius 3 is 2.93 bits per heavy atom. The molecular formula is C12H18O2. The van der Waals surface area contributed by atoms with Gasteiger partial charge in [-0.3, -0.25) is 4.79 Å². The van der Waals surface area contributed by atoms with Gasteiger partial charge in [-0.15, -0.1) is 0 Å². The van der Waals surface area contributed by atoms with Crippen LogP contribution in [0.4, 0.5) is 0 Å². The molecule has 0 unspecified atom stereocenters. The Morgan fingerprint density at radius 2 is 2.14 bits per heavy atom. The summed E-state index contributed by atoms with van der Waals surface area (Å²) < 4.78 is 5.23. The zero-order valence-electron chi connectivity index (χ0n) is 8.74. The molecule has 78 valence electrons. The van der Waals surface area contributed by atoms with Gasteiger partial charge >= 0.3 is 0 Å². The van der Waals surface area contributed by atoms with Crippen molar-refractivity contribution >= 4 is 5.78 Å². The molecule has 0 saturated heterocycles. The van der Waals surface area contributed by atoms with Crippen molar-refractivity contribution in [1.29, 1.82) is 0 Å². The summed E-state index contributed by atoms with van der Waals surface area (Å²) in [6, 6.07) is 0. The van der Waals surface area contributed by atoms with E-state index in [0.717, 1.165) is 12.8 Å². The lowest BCUT2D eigenvalue weighted by Gasteiger charge is -2.28. The highest BCUT2D eigenvalue weighted by molar-refractivity contribution is 5.86. The number of carbonyl (C=O) groups is 1. The van der Waals surface area contributed by atoms with E-state index in [1.807, 2.05) is 0 Å². The van der Waals surface area contributed by atoms with E-state index in [9.17, 15) is 4.79 Å². The molecule has 2 aliphatic carbocycles. The average molecular weight is 194 g/mol. The number of Topliss-reactive ketones (excluding diaryl/α,β-unsaturated/α-hetero) is 1. The maximum atomic E-state index is 12.0. The van der Waals surface area contributed by atoms with E-state index >= 15 is 0 Å². The zero-order chi connectivity index (χ0) is 9.97. The second-order valence-electron chi connectivity index (χ2n) is 4.35. The molecule has 0 N–H and O–H groups in total. The number of hydrogen-bond donors (Lipinski definition) is 0. The number of fused-ring (bicyclic) bond motifs is 1. The summed E-state index contributed by atoms with van der Waals surface area (Å²) in [6.45, 7) is 0. The van der Waals surface area contributed by atoms with E-state index in [0.29, 0.717) is 11.7 Å². The summed E-state index contributed by atoms with van der Waals surface area (Å²) in [5.41, 5.74) is 0. The van der Waals surface area contributed by atoms with Gasteiger partial charge in [0, 0.05) is 13.0 Å². The number of allylic oxidation sites excluding steroid dienone is 1. The Morgan fingerprint density at radius 1 is 1.36 bits per heavy atom. The zero-order valence-corrected chi connectivity index (χ0v) is 8.74. The summed E-state index contributed by atoms with van der Waals surface area (Å²) in [5, 5.41) is 0. The number of hydrogen-bond acceptors (Lipinski definition) is 2. The van der Waals surface area contributed by atoms with Gasteiger partial charge in [0.15, 0.2) is 5.78 Å². The summed E-state index contributed by atoms with van der Waals surface area (Å²) >= 11 is 0. The monoisotopic (exact) mass is 194 g/mol. The largest absolute Gasteiger partial charge is 0.373 e. The number of ether oxygens (including phenoxy) is 1. The van der Waals surface area contributed by atoms with Crippen molar-refractivity contribution in [3.05, 3.63) is 12.2 Å². The molecule has 0 aromatic rings. The fourth-order valence-electron chi connectivity index (χ4n) is 2.69. The number of methoxy groups -OCH3 is 1. The molecule has 0 bridgehead atoms. The normalized spacial score (nSPS) is 37.8. The van der Waals surface area contributed by atoms with Crippen LogP contribution in [-0.4, -0.2) is 19.0 Å². The molecule has 2 nitrogen and oxygen atoms in total. The maximum absolute atomic E-state index is 12.0. The van der Waals surface area contributed by atoms with Crippen molar-refractivity contribution in [1.82, 2.24) is 0 Å². The van der Waals surface area contributed by atoms with E-state index in [1.54, 1.807) is 7.11 Å². The molecule has 0 aromatic carbocycles. The van der Waals surface area contributed by atoms with Gasteiger partial charge in [0.1, 0.15) is 6.10 Å². The molecule has 0 spiro atoms. The van der Waals surface area contributed by atoms with Gasteiger partial charge in [0.2, 0.25) is 0 Å². The van der Waals surface area contributed by atoms with Crippen LogP contribution in [0.25, 0.3) is 0 Å². The number of ketones is 1. The van der Waals surface area contributed by atoms with E-state index in [4.69, 9.17) is 4.74 Å². The molecule has 0 heterocycles. The highest BCUT2D eigenvalue weighted by atomic mass is 16.5. The topological polar surface area (TPSA) is 26.3 Å². The molecule has 2 rings (SSSR count). The lowest BCUT2D eigenvalue weighted by Crippen LogP contribution is -2.33. The van der Waals surface area contributed by atoms with Gasteiger partial charge in [-0.05, 0) is 25.2 Å². The molecule has 0 amide bonds. The Kier molecular flexibility index (Phi) is 3.02. The number of rotatable bonds is 1. The molecule has 2 heteroatoms. The standard InChI is InChI=1S/C12H18O2/c1-14-11-8-4-6-9-5-2-3-7-10(9)12(11)13/h4,6,9-11H,2-3,5,7-8H2,1H3/t9-,10+,11+/m0/s1. The third-order valence-electron chi connectivity index (χ3n) is 3.52. The Hall–Kier alpha value is -0.630. The van der Waals surface area contributed by atoms with Gasteiger partial charge in [0.25, 0.3) is 0 Å². The molecule has 3 atom stereocenters. The molecule has 1 saturated carbocycles. The van der Waals surface area contributed by atoms with E-state index < -0.39 is 0 Å². The lowest BCUT2D eigenvalue weighted by atomic mass is 9.77. The van der Waals surface area contributed by atoms with Crippen LogP contribution in [0.3, 0.4) is 0 Å². The number of carbonyl (C=O) groups excluding carboxylic acids is 1. The van der Waals surface area contributed by atoms with Crippen LogP contribution in [0.1, 0.15) is 32.1 Å². The molecule has 14 heavy (non-hydrogen) atoms. The molecule has 1 fully saturated rings. The van der Waals surface area contributed by atoms with Gasteiger partial charge in [0.05, 0.1) is 0 Å². The summed E-state index contributed by atoms with van der Waals surface area (Å²) in [7, 11) is 1.64. The first kappa shape index (κ1) is 9.91. The van der Waals surface area contributed by atoms with Crippen LogP contribution in [0.2, 0.25) is 0 Å². The first-order valence-electron chi connectivity index (χ1n) is 5.56. The SMILES string of the molecule is CO[C@@H]1CC=C[C@@H]2CCCC[C@H]2C1=O. The lowest BCUT2D eigenvalue weighted by molar-refractivity contribution is -0.134. The molecule has 0 aliphatic heterocycles. The third-order valence-corrected chi connectivity index (χ3v) is 3.52. The minimum Gasteiger partial charge on any atom is -0.373 e. The minimum absolute atomic E-state index is 0.181. The minimum atomic E-state index is -0.181. The predicted octanol–water partition coefficient (Wildman–Crippen LogP) is 2.34. The third kappa shape index (κ3) is 1.76. The Bertz CT molecular complexity index is 245. The van der Waals surface area contributed by atoms with Crippen LogP contribution < -0.4 is 0 Å². The van der Waals surface area contributed by atoms with E-state index in [-0.39, 0.29) is 12.0 Å². The van der Waals surface area contributed by atoms with Crippen molar-refractivity contribution < 1.29 is 9.53 Å². The first-order valence-corrected chi connectivity index (χ1v) is 5.56. The van der Waals surface area contributed by atoms with Crippen LogP contribution in [0.15, 0.2) is 12.2 Å². The van der Waals surface area contributed by atoms with Crippen LogP contribution in [0, 0.1) is 11.8 Å². The highest BCUT2D eigenvalue weighted by Gasteiger charge is 2.34. The van der Waals surface area contributed by atoms with Crippen LogP contribution >= 0.6 is 0 Å². The van der Waals surface area contributed by atoms with Gasteiger partial charge in [-0.25, -0.2) is 0 Å². The fourth-order valence-corrected chi connectivity index (χ4v) is 2.69. The van der Waals surface area contributed by atoms with Gasteiger partial charge < -0.3 is 4.74 Å². The van der Waals surface area contributed by atoms with Crippen molar-refractivity contribution in [3.63, 3.8) is 0 Å². The quantitative estimate of drug-likeness (QED) is 0.599. The van der Waals surface area contributed by atoms with E-state index in [2.05, 4.69) is 12.2 Å². The van der Waals surface area contributed by atoms with Gasteiger partial charge in [-0.2, -0.15) is 0 Å². The molecule has 0 aromatic heterocycles.